The minimum atomic E-state index is -1.53. The van der Waals surface area contributed by atoms with Crippen LogP contribution >= 0.6 is 0 Å². The van der Waals surface area contributed by atoms with Crippen LogP contribution in [0.3, 0.4) is 0 Å². The van der Waals surface area contributed by atoms with Gasteiger partial charge in [0.15, 0.2) is 5.79 Å². The van der Waals surface area contributed by atoms with Gasteiger partial charge in [0.2, 0.25) is 0 Å². The maximum absolute atomic E-state index is 12.1. The topological polar surface area (TPSA) is 110 Å². The summed E-state index contributed by atoms with van der Waals surface area (Å²) in [5.74, 6) is -2.57. The molecule has 0 aromatic rings. The van der Waals surface area contributed by atoms with E-state index in [1.165, 1.54) is 0 Å². The second-order valence-electron chi connectivity index (χ2n) is 10.6. The minimum Gasteiger partial charge on any atom is -0.396 e. The molecule has 1 heterocycles. The number of rotatable bonds is 2. The molecule has 0 spiro atoms. The van der Waals surface area contributed by atoms with Gasteiger partial charge in [0.05, 0.1) is 23.2 Å². The van der Waals surface area contributed by atoms with Gasteiger partial charge >= 0.3 is 0 Å². The molecular formula is C20H32O6. The molecule has 5 aliphatic rings. The van der Waals surface area contributed by atoms with Crippen LogP contribution in [-0.2, 0) is 4.74 Å². The average molecular weight is 368 g/mol. The lowest BCUT2D eigenvalue weighted by atomic mass is 9.41. The molecule has 0 amide bonds. The maximum atomic E-state index is 12.1. The Bertz CT molecular complexity index is 671. The molecule has 1 saturated heterocycles. The van der Waals surface area contributed by atoms with Gasteiger partial charge in [-0.25, -0.2) is 0 Å². The normalized spacial score (nSPS) is 69.1. The fourth-order valence-corrected chi connectivity index (χ4v) is 8.62. The number of hydrogen-bond acceptors (Lipinski definition) is 6. The first kappa shape index (κ1) is 17.8. The van der Waals surface area contributed by atoms with Crippen molar-refractivity contribution in [3.8, 4) is 0 Å². The first-order valence-electron chi connectivity index (χ1n) is 10.1. The summed E-state index contributed by atoms with van der Waals surface area (Å²) in [7, 11) is 0. The molecule has 148 valence electrons. The van der Waals surface area contributed by atoms with Gasteiger partial charge in [0.25, 0.3) is 0 Å². The van der Waals surface area contributed by atoms with Crippen LogP contribution in [0.5, 0.6) is 0 Å². The van der Waals surface area contributed by atoms with Crippen LogP contribution in [0.2, 0.25) is 0 Å². The summed E-state index contributed by atoms with van der Waals surface area (Å²) in [6.45, 7) is 7.72. The molecular weight excluding hydrogens is 336 g/mol. The second-order valence-corrected chi connectivity index (χ2v) is 10.6. The molecule has 5 bridgehead atoms. The molecule has 0 radical (unpaired) electrons. The van der Waals surface area contributed by atoms with Crippen LogP contribution in [0.25, 0.3) is 0 Å². The van der Waals surface area contributed by atoms with Crippen molar-refractivity contribution in [1.82, 2.24) is 0 Å². The van der Waals surface area contributed by atoms with Gasteiger partial charge in [-0.05, 0) is 30.1 Å². The van der Waals surface area contributed by atoms with Crippen molar-refractivity contribution in [3.63, 3.8) is 0 Å². The monoisotopic (exact) mass is 368 g/mol. The van der Waals surface area contributed by atoms with Crippen molar-refractivity contribution >= 4 is 0 Å². The first-order valence-corrected chi connectivity index (χ1v) is 10.1. The quantitative estimate of drug-likeness (QED) is 0.478. The van der Waals surface area contributed by atoms with Crippen LogP contribution in [-0.4, -0.2) is 61.3 Å². The van der Waals surface area contributed by atoms with Crippen LogP contribution < -0.4 is 0 Å². The third kappa shape index (κ3) is 1.37. The molecule has 6 nitrogen and oxygen atoms in total. The number of aliphatic hydroxyl groups excluding tert-OH is 2. The van der Waals surface area contributed by atoms with Gasteiger partial charge in [-0.3, -0.25) is 0 Å². The molecule has 5 fully saturated rings. The molecule has 12 atom stereocenters. The summed E-state index contributed by atoms with van der Waals surface area (Å²) in [5, 5.41) is 56.0. The molecule has 26 heavy (non-hydrogen) atoms. The van der Waals surface area contributed by atoms with E-state index < -0.39 is 45.9 Å². The molecule has 0 aromatic carbocycles. The molecule has 12 unspecified atom stereocenters. The van der Waals surface area contributed by atoms with Gasteiger partial charge in [-0.15, -0.1) is 0 Å². The van der Waals surface area contributed by atoms with Crippen LogP contribution in [0, 0.1) is 40.4 Å². The highest BCUT2D eigenvalue weighted by molar-refractivity contribution is 5.38. The zero-order valence-corrected chi connectivity index (χ0v) is 16.0. The van der Waals surface area contributed by atoms with E-state index >= 15 is 0 Å². The van der Waals surface area contributed by atoms with Crippen LogP contribution in [0.1, 0.15) is 47.0 Å². The van der Waals surface area contributed by atoms with E-state index in [4.69, 9.17) is 4.74 Å². The molecule has 5 N–H and O–H groups in total. The molecule has 6 heteroatoms. The summed E-state index contributed by atoms with van der Waals surface area (Å²) >= 11 is 0. The fraction of sp³-hybridized carbons (Fsp3) is 1.00. The highest BCUT2D eigenvalue weighted by Crippen LogP contribution is 2.83. The summed E-state index contributed by atoms with van der Waals surface area (Å²) < 4.78 is 6.24. The van der Waals surface area contributed by atoms with Crippen molar-refractivity contribution in [2.75, 3.05) is 6.61 Å². The lowest BCUT2D eigenvalue weighted by Gasteiger charge is -2.64. The standard InChI is InChI=1S/C20H32O6/c1-9(7-21)11-5-13-16(3)8-19(24)17(11,4)20(13,25)15(26-19)14-10(2)12(22)6-18(14,16)23/h9-15,21-25H,5-8H2,1-4H3. The van der Waals surface area contributed by atoms with Crippen LogP contribution in [0.4, 0.5) is 0 Å². The predicted molar refractivity (Wildman–Crippen MR) is 91.7 cm³/mol. The Labute approximate surface area is 154 Å². The van der Waals surface area contributed by atoms with E-state index in [0.717, 1.165) is 0 Å². The van der Waals surface area contributed by atoms with Gasteiger partial charge in [0.1, 0.15) is 5.60 Å². The number of fused-ring (bicyclic) bond motifs is 3. The Kier molecular flexibility index (Phi) is 3.08. The Morgan fingerprint density at radius 2 is 1.85 bits per heavy atom. The molecule has 4 saturated carbocycles. The minimum absolute atomic E-state index is 0.0106. The maximum Gasteiger partial charge on any atom is 0.175 e. The van der Waals surface area contributed by atoms with E-state index in [-0.39, 0.29) is 43.1 Å². The van der Waals surface area contributed by atoms with Crippen molar-refractivity contribution in [2.24, 2.45) is 40.4 Å². The molecule has 4 aliphatic carbocycles. The predicted octanol–water partition coefficient (Wildman–Crippen LogP) is 0.247. The van der Waals surface area contributed by atoms with Crippen molar-refractivity contribution < 1.29 is 30.3 Å². The average Bonchev–Trinajstić information content (AvgIpc) is 2.93. The van der Waals surface area contributed by atoms with Gasteiger partial charge in [-0.2, -0.15) is 0 Å². The third-order valence-corrected chi connectivity index (χ3v) is 10.1. The number of aliphatic hydroxyl groups is 5. The fourth-order valence-electron chi connectivity index (χ4n) is 8.62. The molecule has 5 rings (SSSR count). The number of ether oxygens (including phenoxy) is 1. The zero-order valence-electron chi connectivity index (χ0n) is 16.0. The Morgan fingerprint density at radius 3 is 2.46 bits per heavy atom. The Balaban J connectivity index is 1.77. The SMILES string of the molecule is CC(CO)C1CC2C3(C)CC4(O)OC(C5C(C)C(O)CC53O)C2(O)C14C. The van der Waals surface area contributed by atoms with Gasteiger partial charge < -0.3 is 30.3 Å². The largest absolute Gasteiger partial charge is 0.396 e. The molecule has 1 aliphatic heterocycles. The van der Waals surface area contributed by atoms with Gasteiger partial charge in [-0.1, -0.05) is 27.7 Å². The van der Waals surface area contributed by atoms with E-state index in [1.54, 1.807) is 0 Å². The lowest BCUT2D eigenvalue weighted by molar-refractivity contribution is -0.302. The summed E-state index contributed by atoms with van der Waals surface area (Å²) in [6.07, 6.45) is -0.186. The van der Waals surface area contributed by atoms with E-state index in [2.05, 4.69) is 0 Å². The second kappa shape index (κ2) is 4.50. The lowest BCUT2D eigenvalue weighted by Crippen LogP contribution is -2.75. The van der Waals surface area contributed by atoms with Crippen molar-refractivity contribution in [1.29, 1.82) is 0 Å². The highest BCUT2D eigenvalue weighted by atomic mass is 16.7. The Hall–Kier alpha value is -0.240. The summed E-state index contributed by atoms with van der Waals surface area (Å²) in [6, 6.07) is 0. The van der Waals surface area contributed by atoms with Crippen molar-refractivity contribution in [2.45, 2.75) is 76.2 Å². The number of hydrogen-bond donors (Lipinski definition) is 5. The van der Waals surface area contributed by atoms with Gasteiger partial charge in [0, 0.05) is 30.8 Å². The summed E-state index contributed by atoms with van der Waals surface area (Å²) in [4.78, 5) is 0. The van der Waals surface area contributed by atoms with E-state index in [9.17, 15) is 25.5 Å². The smallest absolute Gasteiger partial charge is 0.175 e. The van der Waals surface area contributed by atoms with E-state index in [0.29, 0.717) is 6.42 Å². The Morgan fingerprint density at radius 1 is 1.19 bits per heavy atom. The van der Waals surface area contributed by atoms with Crippen molar-refractivity contribution in [3.05, 3.63) is 0 Å². The first-order chi connectivity index (χ1) is 11.9. The molecule has 0 aromatic heterocycles. The van der Waals surface area contributed by atoms with Crippen LogP contribution in [0.15, 0.2) is 0 Å². The van der Waals surface area contributed by atoms with E-state index in [1.807, 2.05) is 27.7 Å². The zero-order chi connectivity index (χ0) is 19.1. The third-order valence-electron chi connectivity index (χ3n) is 10.1. The summed E-state index contributed by atoms with van der Waals surface area (Å²) in [5.41, 5.74) is -4.08. The highest BCUT2D eigenvalue weighted by Gasteiger charge is 2.92.